The second kappa shape index (κ2) is 5.39. The Bertz CT molecular complexity index is 709. The van der Waals surface area contributed by atoms with Gasteiger partial charge in [0, 0.05) is 39.7 Å². The second-order valence-electron chi connectivity index (χ2n) is 5.12. The van der Waals surface area contributed by atoms with Crippen LogP contribution in [0.2, 0.25) is 0 Å². The number of ketones is 2. The Morgan fingerprint density at radius 2 is 1.86 bits per heavy atom. The van der Waals surface area contributed by atoms with E-state index >= 15 is 0 Å². The number of fused-ring (bicyclic) bond motifs is 2. The third-order valence-corrected chi connectivity index (χ3v) is 5.64. The topological polar surface area (TPSA) is 49.7 Å². The van der Waals surface area contributed by atoms with Crippen LogP contribution in [0.15, 0.2) is 34.3 Å². The van der Waals surface area contributed by atoms with E-state index in [0.717, 1.165) is 5.56 Å². The summed E-state index contributed by atoms with van der Waals surface area (Å²) >= 11 is 5.87. The predicted octanol–water partition coefficient (Wildman–Crippen LogP) is 2.80. The summed E-state index contributed by atoms with van der Waals surface area (Å²) < 4.78 is 6.64. The molecule has 0 N–H and O–H groups in total. The fraction of sp³-hybridized carbons (Fsp3) is 0.333. The van der Waals surface area contributed by atoms with Crippen molar-refractivity contribution >= 4 is 39.7 Å². The van der Waals surface area contributed by atoms with E-state index in [2.05, 4.69) is 13.8 Å². The molecule has 1 unspecified atom stereocenters. The zero-order valence-corrected chi connectivity index (χ0v) is 13.4. The summed E-state index contributed by atoms with van der Waals surface area (Å²) in [6.07, 6.45) is 0. The van der Waals surface area contributed by atoms with E-state index in [-0.39, 0.29) is 5.25 Å². The van der Waals surface area contributed by atoms with Crippen LogP contribution in [0.3, 0.4) is 0 Å². The maximum Gasteiger partial charge on any atom is 0.252 e. The van der Waals surface area contributed by atoms with Crippen molar-refractivity contribution in [3.63, 3.8) is 0 Å². The van der Waals surface area contributed by atoms with Crippen molar-refractivity contribution in [1.82, 2.24) is 4.31 Å². The quantitative estimate of drug-likeness (QED) is 0.635. The molecule has 0 bridgehead atoms. The summed E-state index contributed by atoms with van der Waals surface area (Å²) in [6, 6.07) is 7.17. The van der Waals surface area contributed by atoms with Crippen molar-refractivity contribution in [3.05, 3.63) is 41.1 Å². The van der Waals surface area contributed by atoms with Crippen LogP contribution in [0.4, 0.5) is 0 Å². The minimum Gasteiger partial charge on any atom is -0.301 e. The molecule has 1 heterocycles. The molecule has 0 saturated heterocycles. The van der Waals surface area contributed by atoms with Gasteiger partial charge >= 0.3 is 0 Å². The first kappa shape index (κ1) is 14.5. The van der Waals surface area contributed by atoms with Crippen molar-refractivity contribution in [1.29, 1.82) is 0 Å². The number of hydrogen-bond donors (Lipinski definition) is 0. The Morgan fingerprint density at radius 1 is 1.19 bits per heavy atom. The molecule has 0 saturated carbocycles. The first-order valence-electron chi connectivity index (χ1n) is 6.77. The van der Waals surface area contributed by atoms with Gasteiger partial charge in [-0.15, -0.1) is 11.6 Å². The molecule has 110 valence electrons. The van der Waals surface area contributed by atoms with Crippen LogP contribution in [0.25, 0.3) is 5.70 Å². The number of hydrogen-bond acceptors (Lipinski definition) is 4. The normalized spacial score (nSPS) is 20.8. The summed E-state index contributed by atoms with van der Waals surface area (Å²) in [5.74, 6) is -0.521. The van der Waals surface area contributed by atoms with E-state index in [4.69, 9.17) is 16.0 Å². The first-order chi connectivity index (χ1) is 10.1. The Labute approximate surface area is 131 Å². The average molecular weight is 323 g/mol. The van der Waals surface area contributed by atoms with Gasteiger partial charge in [-0.3, -0.25) is 9.59 Å². The summed E-state index contributed by atoms with van der Waals surface area (Å²) in [4.78, 5) is 24.8. The average Bonchev–Trinajstić information content (AvgIpc) is 2.85. The second-order valence-corrected chi connectivity index (χ2v) is 7.65. The Hall–Kier alpha value is -1.46. The molecule has 0 radical (unpaired) electrons. The highest BCUT2D eigenvalue weighted by Gasteiger charge is 2.40. The van der Waals surface area contributed by atoms with Crippen molar-refractivity contribution in [2.24, 2.45) is 4.36 Å². The van der Waals surface area contributed by atoms with E-state index < -0.39 is 22.4 Å². The maximum atomic E-state index is 12.5. The fourth-order valence-electron chi connectivity index (χ4n) is 2.55. The number of rotatable bonds is 3. The molecule has 0 spiro atoms. The van der Waals surface area contributed by atoms with E-state index in [1.165, 1.54) is 0 Å². The van der Waals surface area contributed by atoms with Gasteiger partial charge in [0.05, 0.1) is 0 Å². The molecule has 0 aromatic heterocycles. The Kier molecular flexibility index (Phi) is 3.71. The highest BCUT2D eigenvalue weighted by atomic mass is 35.5. The molecule has 1 aliphatic carbocycles. The van der Waals surface area contributed by atoms with Gasteiger partial charge in [0.1, 0.15) is 11.4 Å². The SMILES string of the molecule is CC(C)S1=NC2=C(C(=O)C(=O)c3ccccc32)N1CCCl. The van der Waals surface area contributed by atoms with Gasteiger partial charge in [-0.05, 0) is 0 Å². The van der Waals surface area contributed by atoms with Gasteiger partial charge in [0.25, 0.3) is 5.78 Å². The lowest BCUT2D eigenvalue weighted by molar-refractivity contribution is -0.112. The van der Waals surface area contributed by atoms with Gasteiger partial charge < -0.3 is 4.31 Å². The van der Waals surface area contributed by atoms with E-state index in [9.17, 15) is 9.59 Å². The number of carbonyl (C=O) groups excluding carboxylic acids is 2. The van der Waals surface area contributed by atoms with Gasteiger partial charge in [0.15, 0.2) is 0 Å². The molecule has 6 heteroatoms. The summed E-state index contributed by atoms with van der Waals surface area (Å²) in [5, 5.41) is 0.258. The largest absolute Gasteiger partial charge is 0.301 e. The lowest BCUT2D eigenvalue weighted by Crippen LogP contribution is -2.36. The molecule has 1 aromatic carbocycles. The van der Waals surface area contributed by atoms with Crippen molar-refractivity contribution in [2.45, 2.75) is 19.1 Å². The van der Waals surface area contributed by atoms with Crippen molar-refractivity contribution < 1.29 is 9.59 Å². The molecule has 1 aromatic rings. The summed E-state index contributed by atoms with van der Waals surface area (Å²) in [7, 11) is -0.453. The highest BCUT2D eigenvalue weighted by molar-refractivity contribution is 7.86. The monoisotopic (exact) mass is 322 g/mol. The number of allylic oxidation sites excluding steroid dienone is 1. The number of benzene rings is 1. The third-order valence-electron chi connectivity index (χ3n) is 3.44. The Balaban J connectivity index is 2.21. The highest BCUT2D eigenvalue weighted by Crippen LogP contribution is 2.38. The van der Waals surface area contributed by atoms with E-state index in [1.54, 1.807) is 12.1 Å². The van der Waals surface area contributed by atoms with E-state index in [1.807, 2.05) is 16.4 Å². The number of halogens is 1. The standard InChI is InChI=1S/C15H15ClN2O2S/c1-9(2)21-17-12-10-5-3-4-6-11(10)14(19)15(20)13(12)18(21)8-7-16/h3-6,9H,7-8H2,1-2H3. The van der Waals surface area contributed by atoms with Crippen LogP contribution in [0.1, 0.15) is 29.8 Å². The molecule has 3 rings (SSSR count). The number of nitrogens with zero attached hydrogens (tertiary/aromatic N) is 2. The summed E-state index contributed by atoms with van der Waals surface area (Å²) in [5.41, 5.74) is 2.28. The molecule has 21 heavy (non-hydrogen) atoms. The molecule has 4 nitrogen and oxygen atoms in total. The van der Waals surface area contributed by atoms with Crippen LogP contribution in [0, 0.1) is 0 Å². The predicted molar refractivity (Wildman–Crippen MR) is 85.1 cm³/mol. The molecule has 0 amide bonds. The number of alkyl halides is 1. The van der Waals surface area contributed by atoms with Crippen LogP contribution in [0.5, 0.6) is 0 Å². The molecular weight excluding hydrogens is 308 g/mol. The fourth-order valence-corrected chi connectivity index (χ4v) is 4.65. The van der Waals surface area contributed by atoms with Crippen LogP contribution >= 0.6 is 11.6 Å². The molecule has 2 aliphatic rings. The molecule has 1 aliphatic heterocycles. The number of carbonyl (C=O) groups is 2. The number of Topliss-reactive ketones (excluding diaryl/α,β-unsaturated/α-hetero) is 2. The minimum atomic E-state index is -0.465. The third kappa shape index (κ3) is 2.15. The zero-order chi connectivity index (χ0) is 15.1. The van der Waals surface area contributed by atoms with Crippen LogP contribution < -0.4 is 0 Å². The van der Waals surface area contributed by atoms with Crippen LogP contribution in [-0.4, -0.2) is 33.5 Å². The molecular formula is C15H15ClN2O2S. The smallest absolute Gasteiger partial charge is 0.252 e. The lowest BCUT2D eigenvalue weighted by atomic mass is 9.91. The van der Waals surface area contributed by atoms with Gasteiger partial charge in [-0.1, -0.05) is 38.1 Å². The van der Waals surface area contributed by atoms with Crippen LogP contribution in [-0.2, 0) is 15.7 Å². The molecule has 1 atom stereocenters. The van der Waals surface area contributed by atoms with E-state index in [0.29, 0.717) is 29.4 Å². The lowest BCUT2D eigenvalue weighted by Gasteiger charge is -2.26. The molecule has 0 fully saturated rings. The van der Waals surface area contributed by atoms with Crippen molar-refractivity contribution in [2.75, 3.05) is 12.4 Å². The first-order valence-corrected chi connectivity index (χ1v) is 8.51. The van der Waals surface area contributed by atoms with Gasteiger partial charge in [0.2, 0.25) is 5.78 Å². The van der Waals surface area contributed by atoms with Crippen molar-refractivity contribution in [3.8, 4) is 0 Å². The summed E-state index contributed by atoms with van der Waals surface area (Å²) in [6.45, 7) is 4.64. The maximum absolute atomic E-state index is 12.5. The van der Waals surface area contributed by atoms with Gasteiger partial charge in [-0.25, -0.2) is 4.36 Å². The zero-order valence-electron chi connectivity index (χ0n) is 11.8. The van der Waals surface area contributed by atoms with Gasteiger partial charge in [-0.2, -0.15) is 0 Å². The minimum absolute atomic E-state index is 0.258. The Morgan fingerprint density at radius 3 is 2.48 bits per heavy atom.